The van der Waals surface area contributed by atoms with Crippen LogP contribution in [0.25, 0.3) is 6.08 Å². The summed E-state index contributed by atoms with van der Waals surface area (Å²) in [5.74, 6) is -1.53. The smallest absolute Gasteiger partial charge is 0.271 e. The number of carbonyl (C=O) groups excluding carboxylic acids is 2. The molecule has 10 heteroatoms. The van der Waals surface area contributed by atoms with E-state index in [0.29, 0.717) is 4.91 Å². The molecule has 7 nitrogen and oxygen atoms in total. The van der Waals surface area contributed by atoms with Gasteiger partial charge < -0.3 is 5.11 Å². The largest absolute Gasteiger partial charge is 0.494 e. The molecule has 3 rings (SSSR count). The maximum Gasteiger partial charge on any atom is 0.271 e. The highest BCUT2D eigenvalue weighted by atomic mass is 32.2. The third-order valence-electron chi connectivity index (χ3n) is 4.53. The van der Waals surface area contributed by atoms with Crippen LogP contribution in [0.3, 0.4) is 0 Å². The fourth-order valence-electron chi connectivity index (χ4n) is 3.10. The molecule has 1 amide bonds. The number of aromatic hydroxyl groups is 1. The number of thiocarbonyl (C=S) groups is 1. The van der Waals surface area contributed by atoms with Crippen molar-refractivity contribution in [2.45, 2.75) is 26.8 Å². The normalized spacial score (nSPS) is 15.3. The van der Waals surface area contributed by atoms with Crippen LogP contribution in [0.15, 0.2) is 27.2 Å². The molecule has 1 aliphatic rings. The van der Waals surface area contributed by atoms with E-state index in [9.17, 15) is 24.8 Å². The van der Waals surface area contributed by atoms with Crippen LogP contribution in [0.4, 0.5) is 0 Å². The van der Waals surface area contributed by atoms with Crippen LogP contribution in [0, 0.1) is 18.3 Å². The number of thiophene rings is 1. The fourth-order valence-corrected chi connectivity index (χ4v) is 5.07. The van der Waals surface area contributed by atoms with E-state index >= 15 is 0 Å². The van der Waals surface area contributed by atoms with Crippen molar-refractivity contribution in [2.75, 3.05) is 6.54 Å². The minimum atomic E-state index is -0.663. The highest BCUT2D eigenvalue weighted by Crippen LogP contribution is 2.34. The van der Waals surface area contributed by atoms with Crippen molar-refractivity contribution in [3.63, 3.8) is 0 Å². The zero-order chi connectivity index (χ0) is 22.2. The summed E-state index contributed by atoms with van der Waals surface area (Å²) < 4.78 is 1.23. The first kappa shape index (κ1) is 22.0. The first-order valence-corrected chi connectivity index (χ1v) is 11.0. The number of carbonyl (C=O) groups is 2. The summed E-state index contributed by atoms with van der Waals surface area (Å²) in [6.07, 6.45) is 1.71. The van der Waals surface area contributed by atoms with Crippen LogP contribution >= 0.6 is 35.3 Å². The molecule has 1 aliphatic heterocycles. The van der Waals surface area contributed by atoms with E-state index < -0.39 is 35.7 Å². The van der Waals surface area contributed by atoms with Gasteiger partial charge >= 0.3 is 0 Å². The zero-order valence-corrected chi connectivity index (χ0v) is 18.8. The lowest BCUT2D eigenvalue weighted by Gasteiger charge is -2.19. The van der Waals surface area contributed by atoms with Crippen molar-refractivity contribution in [3.05, 3.63) is 54.3 Å². The Morgan fingerprint density at radius 1 is 1.40 bits per heavy atom. The zero-order valence-electron chi connectivity index (χ0n) is 16.3. The SMILES string of the molecule is Cc1c(C(=O)CN2C(=O)/C(=C/c3cccs3)SC2=S)c(O)n(C(C)C)c(=O)c1C#N. The summed E-state index contributed by atoms with van der Waals surface area (Å²) >= 11 is 7.84. The van der Waals surface area contributed by atoms with Gasteiger partial charge in [-0.3, -0.25) is 23.9 Å². The van der Waals surface area contributed by atoms with Crippen molar-refractivity contribution in [1.29, 1.82) is 5.26 Å². The van der Waals surface area contributed by atoms with E-state index in [1.807, 2.05) is 23.6 Å². The van der Waals surface area contributed by atoms with Gasteiger partial charge in [0.05, 0.1) is 17.0 Å². The maximum atomic E-state index is 13.0. The Hall–Kier alpha value is -2.74. The minimum Gasteiger partial charge on any atom is -0.494 e. The molecule has 1 N–H and O–H groups in total. The van der Waals surface area contributed by atoms with Crippen LogP contribution in [-0.4, -0.2) is 37.1 Å². The van der Waals surface area contributed by atoms with Crippen molar-refractivity contribution in [1.82, 2.24) is 9.47 Å². The molecule has 0 atom stereocenters. The highest BCUT2D eigenvalue weighted by Gasteiger charge is 2.35. The predicted octanol–water partition coefficient (Wildman–Crippen LogP) is 3.46. The van der Waals surface area contributed by atoms with E-state index in [4.69, 9.17) is 12.2 Å². The Labute approximate surface area is 186 Å². The van der Waals surface area contributed by atoms with E-state index in [0.717, 1.165) is 26.1 Å². The van der Waals surface area contributed by atoms with Gasteiger partial charge in [-0.15, -0.1) is 11.3 Å². The third-order valence-corrected chi connectivity index (χ3v) is 6.73. The number of hydrogen-bond donors (Lipinski definition) is 1. The van der Waals surface area contributed by atoms with Gasteiger partial charge in [0.15, 0.2) is 5.78 Å². The molecule has 0 aliphatic carbocycles. The van der Waals surface area contributed by atoms with Crippen molar-refractivity contribution >= 4 is 57.4 Å². The van der Waals surface area contributed by atoms with Gasteiger partial charge in [-0.25, -0.2) is 0 Å². The summed E-state index contributed by atoms with van der Waals surface area (Å²) in [5.41, 5.74) is -0.950. The minimum absolute atomic E-state index is 0.0847. The highest BCUT2D eigenvalue weighted by molar-refractivity contribution is 8.26. The number of amides is 1. The molecular weight excluding hydrogens is 442 g/mol. The second kappa shape index (κ2) is 8.55. The average Bonchev–Trinajstić information content (AvgIpc) is 3.26. The number of thioether (sulfide) groups is 1. The molecule has 0 spiro atoms. The number of pyridine rings is 1. The third kappa shape index (κ3) is 3.84. The first-order chi connectivity index (χ1) is 14.2. The molecule has 2 aromatic heterocycles. The van der Waals surface area contributed by atoms with Gasteiger partial charge in [-0.1, -0.05) is 30.0 Å². The number of nitrogens with zero attached hydrogens (tertiary/aromatic N) is 3. The maximum absolute atomic E-state index is 13.0. The van der Waals surface area contributed by atoms with Gasteiger partial charge in [-0.2, -0.15) is 5.26 Å². The molecule has 2 aromatic rings. The molecular formula is C20H17N3O4S3. The lowest BCUT2D eigenvalue weighted by Crippen LogP contribution is -2.35. The molecule has 1 fully saturated rings. The van der Waals surface area contributed by atoms with E-state index in [2.05, 4.69) is 0 Å². The van der Waals surface area contributed by atoms with E-state index in [1.54, 1.807) is 19.9 Å². The van der Waals surface area contributed by atoms with Gasteiger partial charge in [0, 0.05) is 10.9 Å². The van der Waals surface area contributed by atoms with Crippen LogP contribution in [0.2, 0.25) is 0 Å². The quantitative estimate of drug-likeness (QED) is 0.415. The van der Waals surface area contributed by atoms with E-state index in [-0.39, 0.29) is 21.0 Å². The fraction of sp³-hybridized carbons (Fsp3) is 0.250. The summed E-state index contributed by atoms with van der Waals surface area (Å²) in [5, 5.41) is 21.9. The number of hydrogen-bond acceptors (Lipinski definition) is 8. The molecule has 3 heterocycles. The summed E-state index contributed by atoms with van der Waals surface area (Å²) in [4.78, 5) is 40.7. The number of nitriles is 1. The topological polar surface area (TPSA) is 103 Å². The second-order valence-corrected chi connectivity index (χ2v) is 9.44. The Kier molecular flexibility index (Phi) is 6.26. The first-order valence-electron chi connectivity index (χ1n) is 8.87. The van der Waals surface area contributed by atoms with Crippen LogP contribution in [0.1, 0.15) is 46.3 Å². The molecule has 1 saturated heterocycles. The predicted molar refractivity (Wildman–Crippen MR) is 121 cm³/mol. The van der Waals surface area contributed by atoms with Crippen molar-refractivity contribution < 1.29 is 14.7 Å². The Morgan fingerprint density at radius 3 is 2.67 bits per heavy atom. The van der Waals surface area contributed by atoms with Gasteiger partial charge in [0.2, 0.25) is 5.88 Å². The summed E-state index contributed by atoms with van der Waals surface area (Å²) in [6.45, 7) is 4.34. The molecule has 0 aromatic carbocycles. The number of Topliss-reactive ketones (excluding diaryl/α,β-unsaturated/α-hetero) is 1. The van der Waals surface area contributed by atoms with Crippen LogP contribution in [0.5, 0.6) is 5.88 Å². The summed E-state index contributed by atoms with van der Waals surface area (Å²) in [6, 6.07) is 5.07. The molecule has 0 saturated carbocycles. The van der Waals surface area contributed by atoms with Crippen molar-refractivity contribution in [2.24, 2.45) is 0 Å². The van der Waals surface area contributed by atoms with Crippen molar-refractivity contribution in [3.8, 4) is 11.9 Å². The van der Waals surface area contributed by atoms with Gasteiger partial charge in [0.25, 0.3) is 11.5 Å². The monoisotopic (exact) mass is 459 g/mol. The average molecular weight is 460 g/mol. The van der Waals surface area contributed by atoms with Gasteiger partial charge in [-0.05, 0) is 43.9 Å². The van der Waals surface area contributed by atoms with Gasteiger partial charge in [0.1, 0.15) is 16.0 Å². The second-order valence-electron chi connectivity index (χ2n) is 6.79. The lowest BCUT2D eigenvalue weighted by atomic mass is 10.0. The Morgan fingerprint density at radius 2 is 2.10 bits per heavy atom. The molecule has 0 bridgehead atoms. The number of aromatic nitrogens is 1. The number of ketones is 1. The lowest BCUT2D eigenvalue weighted by molar-refractivity contribution is -0.121. The molecule has 30 heavy (non-hydrogen) atoms. The number of rotatable bonds is 5. The summed E-state index contributed by atoms with van der Waals surface area (Å²) in [7, 11) is 0. The van der Waals surface area contributed by atoms with E-state index in [1.165, 1.54) is 18.3 Å². The molecule has 154 valence electrons. The Balaban J connectivity index is 1.98. The van der Waals surface area contributed by atoms with Crippen LogP contribution in [-0.2, 0) is 4.79 Å². The Bertz CT molecular complexity index is 1190. The molecule has 0 radical (unpaired) electrons. The molecule has 0 unspecified atom stereocenters. The van der Waals surface area contributed by atoms with Crippen LogP contribution < -0.4 is 5.56 Å². The standard InChI is InChI=1S/C20H17N3O4S3/c1-10(2)23-17(25)13(8-21)11(3)16(19(23)27)14(24)9-22-18(26)15(30-20(22)28)7-12-5-4-6-29-12/h4-7,10,27H,9H2,1-3H3/b15-7-.